The van der Waals surface area contributed by atoms with Crippen molar-refractivity contribution >= 4 is 46.1 Å². The Morgan fingerprint density at radius 1 is 0.769 bits per heavy atom. The maximum absolute atomic E-state index is 12.3. The quantitative estimate of drug-likeness (QED) is 0.0862. The number of rotatable bonds is 8. The van der Waals surface area contributed by atoms with Gasteiger partial charge in [-0.25, -0.2) is 0 Å². The lowest BCUT2D eigenvalue weighted by Gasteiger charge is -2.09. The van der Waals surface area contributed by atoms with Crippen LogP contribution in [0.2, 0.25) is 0 Å². The van der Waals surface area contributed by atoms with E-state index in [0.29, 0.717) is 28.0 Å². The highest BCUT2D eigenvalue weighted by atomic mass is 19.1. The number of phenolic OH excluding ortho intramolecular Hbond substituents is 3. The molecule has 0 radical (unpaired) electrons. The van der Waals surface area contributed by atoms with E-state index in [2.05, 4.69) is 20.6 Å². The largest absolute Gasteiger partial charge is 0.508 e. The first-order chi connectivity index (χ1) is 31.7. The Hall–Kier alpha value is -8.32. The zero-order valence-electron chi connectivity index (χ0n) is 37.8. The van der Waals surface area contributed by atoms with Gasteiger partial charge in [0.2, 0.25) is 0 Å². The van der Waals surface area contributed by atoms with Crippen LogP contribution in [0.15, 0.2) is 159 Å². The van der Waals surface area contributed by atoms with Crippen LogP contribution in [0.1, 0.15) is 45.2 Å². The number of halogens is 1. The molecule has 0 fully saturated rings. The van der Waals surface area contributed by atoms with E-state index in [1.807, 2.05) is 113 Å². The lowest BCUT2D eigenvalue weighted by atomic mass is 10.0. The molecule has 13 heteroatoms. The van der Waals surface area contributed by atoms with E-state index >= 15 is 0 Å². The first kappa shape index (κ1) is 46.2. The molecule has 8 rings (SSSR count). The van der Waals surface area contributed by atoms with E-state index < -0.39 is 7.15 Å². The number of nitrogens with zero attached hydrogens (tertiary/aromatic N) is 4. The molecule has 0 unspecified atom stereocenters. The Kier molecular flexibility index (Phi) is 16.1. The van der Waals surface area contributed by atoms with Gasteiger partial charge in [0.15, 0.2) is 5.43 Å². The van der Waals surface area contributed by atoms with Crippen LogP contribution < -0.4 is 15.5 Å². The summed E-state index contributed by atoms with van der Waals surface area (Å²) in [6.07, 6.45) is 5.19. The van der Waals surface area contributed by atoms with Gasteiger partial charge in [-0.05, 0) is 140 Å². The van der Waals surface area contributed by atoms with Gasteiger partial charge in [0.05, 0.1) is 32.4 Å². The van der Waals surface area contributed by atoms with Crippen LogP contribution in [0.5, 0.6) is 23.0 Å². The number of aryl methyl sites for hydroxylation is 5. The van der Waals surface area contributed by atoms with E-state index in [1.165, 1.54) is 10.7 Å². The molecule has 0 aliphatic carbocycles. The van der Waals surface area contributed by atoms with Crippen LogP contribution in [0.4, 0.5) is 21.5 Å². The Labute approximate surface area is 377 Å². The summed E-state index contributed by atoms with van der Waals surface area (Å²) in [4.78, 5) is 24.5. The summed E-state index contributed by atoms with van der Waals surface area (Å²) in [6.45, 7) is 7.85. The predicted molar refractivity (Wildman–Crippen MR) is 255 cm³/mol. The second-order valence-corrected chi connectivity index (χ2v) is 14.6. The number of anilines is 1. The summed E-state index contributed by atoms with van der Waals surface area (Å²) in [5.41, 5.74) is 9.96. The van der Waals surface area contributed by atoms with E-state index in [-0.39, 0.29) is 28.6 Å². The number of methoxy groups -OCH3 is 1. The average molecular weight is 878 g/mol. The molecule has 8 aromatic rings. The topological polar surface area (TPSA) is 172 Å². The van der Waals surface area contributed by atoms with Gasteiger partial charge in [0, 0.05) is 36.6 Å². The number of phenols is 3. The number of azo groups is 1. The van der Waals surface area contributed by atoms with Gasteiger partial charge in [-0.2, -0.15) is 15.3 Å². The Morgan fingerprint density at radius 2 is 1.48 bits per heavy atom. The smallest absolute Gasteiger partial charge is 0.273 e. The molecular formula is C52H50FN5O7. The first-order valence-electron chi connectivity index (χ1n) is 20.8. The second kappa shape index (κ2) is 22.7. The summed E-state index contributed by atoms with van der Waals surface area (Å²) in [5, 5.41) is 43.8. The number of carbonyl (C=O) groups is 1. The SMILES string of the molecule is COc1ccc(-c2cc(=O)c3cc(C)ccc3o2)c(C)c1.Cc1ccccc1N=Nc1ccc(NC(=O)c2ccnn2C)c(C)c1.Oc1ccc(/C=C/c2cc(O)cc(O)c2)cc1.[3H]CF. The summed E-state index contributed by atoms with van der Waals surface area (Å²) in [7, 11) is 2.36. The molecule has 4 N–H and O–H groups in total. The number of amides is 1. The van der Waals surface area contributed by atoms with Crippen molar-refractivity contribution in [3.8, 4) is 34.3 Å². The van der Waals surface area contributed by atoms with Gasteiger partial charge in [-0.3, -0.25) is 18.7 Å². The van der Waals surface area contributed by atoms with Crippen LogP contribution in [-0.4, -0.2) is 45.3 Å². The molecule has 2 aromatic heterocycles. The van der Waals surface area contributed by atoms with Crippen molar-refractivity contribution in [2.75, 3.05) is 19.6 Å². The van der Waals surface area contributed by atoms with Crippen molar-refractivity contribution in [1.82, 2.24) is 9.78 Å². The lowest BCUT2D eigenvalue weighted by molar-refractivity contribution is 0.101. The number of aromatic hydroxyl groups is 3. The van der Waals surface area contributed by atoms with Crippen molar-refractivity contribution < 1.29 is 35.0 Å². The number of alkyl halides is 1. The van der Waals surface area contributed by atoms with Crippen molar-refractivity contribution in [2.24, 2.45) is 17.3 Å². The highest BCUT2D eigenvalue weighted by molar-refractivity contribution is 6.03. The number of hydrogen-bond acceptors (Lipinski definition) is 10. The molecule has 332 valence electrons. The number of ether oxygens (including phenoxy) is 1. The zero-order chi connectivity index (χ0) is 47.8. The molecule has 6 aromatic carbocycles. The summed E-state index contributed by atoms with van der Waals surface area (Å²) < 4.78 is 28.1. The third-order valence-electron chi connectivity index (χ3n) is 9.77. The monoisotopic (exact) mass is 877 g/mol. The fraction of sp³-hybridized carbons (Fsp3) is 0.135. The molecule has 2 heterocycles. The zero-order valence-corrected chi connectivity index (χ0v) is 36.8. The Morgan fingerprint density at radius 3 is 2.12 bits per heavy atom. The predicted octanol–water partition coefficient (Wildman–Crippen LogP) is 12.3. The molecular weight excluding hydrogens is 826 g/mol. The van der Waals surface area contributed by atoms with Crippen molar-refractivity contribution in [3.05, 3.63) is 189 Å². The maximum Gasteiger partial charge on any atom is 0.273 e. The van der Waals surface area contributed by atoms with E-state index in [9.17, 15) is 24.2 Å². The summed E-state index contributed by atoms with van der Waals surface area (Å²) in [5.74, 6) is 1.44. The number of nitrogens with one attached hydrogen (secondary N) is 1. The van der Waals surface area contributed by atoms with E-state index in [1.54, 1.807) is 75.0 Å². The van der Waals surface area contributed by atoms with Crippen LogP contribution >= 0.6 is 0 Å². The minimum atomic E-state index is -1.00. The van der Waals surface area contributed by atoms with Crippen LogP contribution in [-0.2, 0) is 7.05 Å². The third kappa shape index (κ3) is 13.3. The van der Waals surface area contributed by atoms with Crippen LogP contribution in [0.3, 0.4) is 0 Å². The van der Waals surface area contributed by atoms with Crippen molar-refractivity contribution in [2.45, 2.75) is 27.7 Å². The molecule has 0 aliphatic rings. The minimum absolute atomic E-state index is 0.0230. The van der Waals surface area contributed by atoms with Gasteiger partial charge in [-0.1, -0.05) is 54.1 Å². The number of benzene rings is 6. The van der Waals surface area contributed by atoms with E-state index in [0.717, 1.165) is 56.2 Å². The molecule has 65 heavy (non-hydrogen) atoms. The number of fused-ring (bicyclic) bond motifs is 1. The number of hydrogen-bond donors (Lipinski definition) is 4. The van der Waals surface area contributed by atoms with Crippen molar-refractivity contribution in [3.63, 3.8) is 0 Å². The lowest BCUT2D eigenvalue weighted by Crippen LogP contribution is -2.16. The highest BCUT2D eigenvalue weighted by Crippen LogP contribution is 2.29. The molecule has 0 saturated heterocycles. The molecule has 1 amide bonds. The number of aromatic nitrogens is 2. The van der Waals surface area contributed by atoms with Crippen molar-refractivity contribution in [1.29, 1.82) is 0 Å². The Bertz CT molecular complexity index is 3020. The molecule has 0 saturated carbocycles. The van der Waals surface area contributed by atoms with Gasteiger partial charge in [0.25, 0.3) is 5.91 Å². The molecule has 0 aliphatic heterocycles. The fourth-order valence-corrected chi connectivity index (χ4v) is 6.36. The standard InChI is InChI=1S/C19H19N5O.C18H16O3.C14H12O3.CH3F/c1-13-6-4-5-7-17(13)23-22-15-8-9-16(14(2)12-15)21-19(25)18-10-11-20-24(18)3;1-11-4-7-17-15(8-11)16(19)10-18(21-17)14-6-5-13(20-3)9-12(14)2;15-12-5-3-10(4-6-12)1-2-11-7-13(16)9-14(17)8-11;1-2/h4-12H,1-3H3,(H,21,25);4-10H,1-3H3;1-9,15-17H;1H3/b;;2-1+;/i;;;1T. The van der Waals surface area contributed by atoms with Crippen LogP contribution in [0.25, 0.3) is 34.4 Å². The summed E-state index contributed by atoms with van der Waals surface area (Å²) in [6, 6.07) is 39.1. The maximum atomic E-state index is 12.3. The van der Waals surface area contributed by atoms with Gasteiger partial charge < -0.3 is 29.8 Å². The molecule has 0 spiro atoms. The third-order valence-corrected chi connectivity index (χ3v) is 9.77. The highest BCUT2D eigenvalue weighted by Gasteiger charge is 2.12. The van der Waals surface area contributed by atoms with Gasteiger partial charge >= 0.3 is 0 Å². The normalized spacial score (nSPS) is 10.8. The Balaban J connectivity index is 0.000000183. The summed E-state index contributed by atoms with van der Waals surface area (Å²) >= 11 is 0. The average Bonchev–Trinajstić information content (AvgIpc) is 3.73. The van der Waals surface area contributed by atoms with Gasteiger partial charge in [0.1, 0.15) is 40.0 Å². The first-order valence-corrected chi connectivity index (χ1v) is 20.1. The molecule has 0 bridgehead atoms. The molecule has 12 nitrogen and oxygen atoms in total. The van der Waals surface area contributed by atoms with Gasteiger partial charge in [-0.15, -0.1) is 0 Å². The molecule has 0 atom stereocenters. The number of carbonyl (C=O) groups excluding carboxylic acids is 1. The van der Waals surface area contributed by atoms with E-state index in [4.69, 9.17) is 15.6 Å². The fourth-order valence-electron chi connectivity index (χ4n) is 6.36. The second-order valence-electron chi connectivity index (χ2n) is 14.6. The minimum Gasteiger partial charge on any atom is -0.508 e. The van der Waals surface area contributed by atoms with Crippen LogP contribution in [0, 0.1) is 27.7 Å².